The number of rotatable bonds is 8. The number of carbonyl (C=O) groups excluding carboxylic acids is 1. The summed E-state index contributed by atoms with van der Waals surface area (Å²) in [6, 6.07) is 10.7. The van der Waals surface area contributed by atoms with Crippen LogP contribution in [0.25, 0.3) is 54.8 Å². The number of ether oxygens (including phenoxy) is 2. The van der Waals surface area contributed by atoms with Gasteiger partial charge in [-0.25, -0.2) is 18.7 Å². The Morgan fingerprint density at radius 1 is 1.08 bits per heavy atom. The minimum absolute atomic E-state index is 0.00424. The van der Waals surface area contributed by atoms with Crippen LogP contribution in [0.3, 0.4) is 0 Å². The third-order valence-corrected chi connectivity index (χ3v) is 9.50. The molecule has 13 heteroatoms. The molecular weight excluding hydrogens is 638 g/mol. The molecule has 1 atom stereocenters. The Bertz CT molecular complexity index is 2310. The molecule has 0 saturated carbocycles. The molecule has 0 fully saturated rings. The van der Waals surface area contributed by atoms with Crippen molar-refractivity contribution in [2.75, 3.05) is 26.9 Å². The number of carbonyl (C=O) groups is 1. The molecule has 0 N–H and O–H groups in total. The summed E-state index contributed by atoms with van der Waals surface area (Å²) in [7, 11) is 3.15. The number of halogens is 2. The number of methoxy groups -OCH3 is 1. The van der Waals surface area contributed by atoms with Gasteiger partial charge in [-0.1, -0.05) is 12.6 Å². The number of amides is 1. The van der Waals surface area contributed by atoms with Gasteiger partial charge in [0, 0.05) is 54.0 Å². The van der Waals surface area contributed by atoms with Gasteiger partial charge in [0.2, 0.25) is 5.91 Å². The topological polar surface area (TPSA) is 104 Å². The smallest absolute Gasteiger partial charge is 0.260 e. The first kappa shape index (κ1) is 31.3. The maximum atomic E-state index is 16.1. The van der Waals surface area contributed by atoms with Crippen molar-refractivity contribution in [1.82, 2.24) is 29.2 Å². The molecule has 244 valence electrons. The molecule has 5 heterocycles. The number of benzene rings is 2. The van der Waals surface area contributed by atoms with Crippen LogP contribution in [-0.4, -0.2) is 62.0 Å². The first-order chi connectivity index (χ1) is 23.2. The molecule has 0 unspecified atom stereocenters. The molecule has 2 aromatic carbocycles. The zero-order chi connectivity index (χ0) is 33.7. The van der Waals surface area contributed by atoms with E-state index in [1.54, 1.807) is 24.1 Å². The first-order valence-corrected chi connectivity index (χ1v) is 16.1. The third kappa shape index (κ3) is 5.24. The molecule has 6 aromatic rings. The number of hydrogen-bond acceptors (Lipinski definition) is 8. The van der Waals surface area contributed by atoms with Crippen LogP contribution >= 0.6 is 11.3 Å². The van der Waals surface area contributed by atoms with Crippen molar-refractivity contribution in [3.8, 4) is 39.5 Å². The number of aryl methyl sites for hydroxylation is 1. The summed E-state index contributed by atoms with van der Waals surface area (Å²) < 4.78 is 45.7. The van der Waals surface area contributed by atoms with Crippen LogP contribution in [0, 0.1) is 11.6 Å². The average molecular weight is 669 g/mol. The minimum Gasteiger partial charge on any atom is -0.490 e. The van der Waals surface area contributed by atoms with E-state index in [0.29, 0.717) is 62.3 Å². The van der Waals surface area contributed by atoms with Crippen LogP contribution in [0.4, 0.5) is 8.78 Å². The average Bonchev–Trinajstić information content (AvgIpc) is 3.74. The highest BCUT2D eigenvalue weighted by Gasteiger charge is 2.31. The van der Waals surface area contributed by atoms with Crippen LogP contribution < -0.4 is 10.3 Å². The van der Waals surface area contributed by atoms with E-state index in [2.05, 4.69) is 11.6 Å². The van der Waals surface area contributed by atoms with Crippen LogP contribution in [0.2, 0.25) is 0 Å². The van der Waals surface area contributed by atoms with Gasteiger partial charge in [0.1, 0.15) is 35.4 Å². The van der Waals surface area contributed by atoms with Crippen molar-refractivity contribution < 1.29 is 23.0 Å². The maximum Gasteiger partial charge on any atom is 0.260 e. The van der Waals surface area contributed by atoms with Crippen molar-refractivity contribution in [3.63, 3.8) is 0 Å². The largest absolute Gasteiger partial charge is 0.490 e. The van der Waals surface area contributed by atoms with Crippen LogP contribution in [0.1, 0.15) is 18.7 Å². The number of nitrogens with zero attached hydrogens (tertiary/aromatic N) is 6. The van der Waals surface area contributed by atoms with Crippen molar-refractivity contribution >= 4 is 38.2 Å². The van der Waals surface area contributed by atoms with E-state index < -0.39 is 11.6 Å². The second-order valence-electron chi connectivity index (χ2n) is 11.4. The molecule has 1 amide bonds. The number of pyridine rings is 1. The summed E-state index contributed by atoms with van der Waals surface area (Å²) in [5.41, 5.74) is 3.48. The number of thiophene rings is 1. The highest BCUT2D eigenvalue weighted by molar-refractivity contribution is 7.18. The standard InChI is InChI=1S/C35H30F2N6O4S/c1-5-29(44)42-9-10-43-27(19(42)2)17-26(40-43)33-31(30-24(37)15-21(36)16-28(30)47-12-11-46-4)34-22(8-13-48-34)32(39-33)20-6-7-25-23(14-20)35(45)41(3)18-38-25/h5-8,13-19H,1,9-12H2,2-4H3/t19-/m1/s1. The lowest BCUT2D eigenvalue weighted by Crippen LogP contribution is -2.40. The number of hydrogen-bond donors (Lipinski definition) is 0. The zero-order valence-electron chi connectivity index (χ0n) is 26.4. The number of fused-ring (bicyclic) bond motifs is 3. The van der Waals surface area contributed by atoms with E-state index in [1.165, 1.54) is 35.4 Å². The Labute approximate surface area is 277 Å². The van der Waals surface area contributed by atoms with E-state index >= 15 is 4.39 Å². The summed E-state index contributed by atoms with van der Waals surface area (Å²) in [6.07, 6.45) is 2.76. The molecular formula is C35H30F2N6O4S. The molecule has 0 radical (unpaired) electrons. The molecule has 0 saturated heterocycles. The Hall–Kier alpha value is -5.27. The highest BCUT2D eigenvalue weighted by Crippen LogP contribution is 2.47. The summed E-state index contributed by atoms with van der Waals surface area (Å²) in [5, 5.41) is 7.90. The molecule has 48 heavy (non-hydrogen) atoms. The van der Waals surface area contributed by atoms with Crippen LogP contribution in [-0.2, 0) is 23.1 Å². The highest BCUT2D eigenvalue weighted by atomic mass is 32.1. The molecule has 0 bridgehead atoms. The molecule has 4 aromatic heterocycles. The van der Waals surface area contributed by atoms with E-state index in [-0.39, 0.29) is 42.0 Å². The SMILES string of the molecule is C=CC(=O)N1CCn2nc(-c3nc(-c4ccc5ncn(C)c(=O)c5c4)c4ccsc4c3-c3c(F)cc(F)cc3OCCOC)cc2[C@H]1C. The van der Waals surface area contributed by atoms with Gasteiger partial charge in [-0.15, -0.1) is 11.3 Å². The van der Waals surface area contributed by atoms with Gasteiger partial charge in [0.25, 0.3) is 5.56 Å². The Morgan fingerprint density at radius 2 is 1.92 bits per heavy atom. The Kier molecular flexibility index (Phi) is 8.09. The van der Waals surface area contributed by atoms with Gasteiger partial charge in [0.05, 0.1) is 53.4 Å². The fraction of sp³-hybridized carbons (Fsp3) is 0.229. The van der Waals surface area contributed by atoms with E-state index in [9.17, 15) is 14.0 Å². The molecule has 0 aliphatic carbocycles. The fourth-order valence-electron chi connectivity index (χ4n) is 6.20. The fourth-order valence-corrected chi connectivity index (χ4v) is 7.15. The summed E-state index contributed by atoms with van der Waals surface area (Å²) in [5.74, 6) is -1.81. The van der Waals surface area contributed by atoms with Gasteiger partial charge in [-0.2, -0.15) is 5.10 Å². The number of aromatic nitrogens is 5. The zero-order valence-corrected chi connectivity index (χ0v) is 27.2. The van der Waals surface area contributed by atoms with Gasteiger partial charge in [-0.05, 0) is 42.6 Å². The second-order valence-corrected chi connectivity index (χ2v) is 12.3. The first-order valence-electron chi connectivity index (χ1n) is 15.2. The monoisotopic (exact) mass is 668 g/mol. The summed E-state index contributed by atoms with van der Waals surface area (Å²) in [4.78, 5) is 36.9. The van der Waals surface area contributed by atoms with Crippen molar-refractivity contribution in [2.45, 2.75) is 19.5 Å². The van der Waals surface area contributed by atoms with Crippen LogP contribution in [0.15, 0.2) is 71.6 Å². The molecule has 7 rings (SSSR count). The lowest BCUT2D eigenvalue weighted by atomic mass is 9.96. The summed E-state index contributed by atoms with van der Waals surface area (Å²) in [6.45, 7) is 6.67. The molecule has 1 aliphatic heterocycles. The van der Waals surface area contributed by atoms with Gasteiger partial charge < -0.3 is 18.9 Å². The molecule has 10 nitrogen and oxygen atoms in total. The third-order valence-electron chi connectivity index (χ3n) is 8.57. The summed E-state index contributed by atoms with van der Waals surface area (Å²) >= 11 is 1.37. The maximum absolute atomic E-state index is 16.1. The molecule has 1 aliphatic rings. The van der Waals surface area contributed by atoms with E-state index in [4.69, 9.17) is 19.6 Å². The Morgan fingerprint density at radius 3 is 2.71 bits per heavy atom. The predicted molar refractivity (Wildman–Crippen MR) is 180 cm³/mol. The second kappa shape index (κ2) is 12.4. The van der Waals surface area contributed by atoms with Gasteiger partial charge in [-0.3, -0.25) is 14.3 Å². The lowest BCUT2D eigenvalue weighted by Gasteiger charge is -2.33. The Balaban J connectivity index is 1.52. The van der Waals surface area contributed by atoms with Crippen LogP contribution in [0.5, 0.6) is 5.75 Å². The predicted octanol–water partition coefficient (Wildman–Crippen LogP) is 6.13. The lowest BCUT2D eigenvalue weighted by molar-refractivity contribution is -0.129. The van der Waals surface area contributed by atoms with Crippen molar-refractivity contribution in [1.29, 1.82) is 0 Å². The van der Waals surface area contributed by atoms with E-state index in [0.717, 1.165) is 17.8 Å². The molecule has 0 spiro atoms. The minimum atomic E-state index is -0.826. The van der Waals surface area contributed by atoms with E-state index in [1.807, 2.05) is 35.2 Å². The normalized spacial score (nSPS) is 14.4. The van der Waals surface area contributed by atoms with Gasteiger partial charge >= 0.3 is 0 Å². The van der Waals surface area contributed by atoms with Crippen molar-refractivity contribution in [3.05, 3.63) is 94.5 Å². The quantitative estimate of drug-likeness (QED) is 0.142. The van der Waals surface area contributed by atoms with Gasteiger partial charge in [0.15, 0.2) is 0 Å². The van der Waals surface area contributed by atoms with Crippen molar-refractivity contribution in [2.24, 2.45) is 7.05 Å².